The second-order valence-electron chi connectivity index (χ2n) is 6.35. The van der Waals surface area contributed by atoms with Gasteiger partial charge in [-0.1, -0.05) is 42.5 Å². The number of fused-ring (bicyclic) bond motifs is 1. The molecule has 3 N–H and O–H groups in total. The highest BCUT2D eigenvalue weighted by Gasteiger charge is 2.25. The van der Waals surface area contributed by atoms with E-state index in [0.717, 1.165) is 22.4 Å². The molecule has 0 aliphatic carbocycles. The summed E-state index contributed by atoms with van der Waals surface area (Å²) in [6.07, 6.45) is 1.75. The average molecular weight is 358 g/mol. The van der Waals surface area contributed by atoms with Crippen LogP contribution in [0.5, 0.6) is 0 Å². The number of hydrogen-bond acceptors (Lipinski definition) is 4. The third kappa shape index (κ3) is 3.37. The molecular formula is C21H18N4O2. The summed E-state index contributed by atoms with van der Waals surface area (Å²) in [6.45, 7) is 0.708. The van der Waals surface area contributed by atoms with Gasteiger partial charge in [-0.05, 0) is 29.3 Å². The van der Waals surface area contributed by atoms with Crippen LogP contribution in [0.15, 0.2) is 66.9 Å². The smallest absolute Gasteiger partial charge is 0.248 e. The molecule has 6 heteroatoms. The quantitative estimate of drug-likeness (QED) is 0.751. The zero-order valence-electron chi connectivity index (χ0n) is 14.6. The van der Waals surface area contributed by atoms with Crippen LogP contribution in [0.2, 0.25) is 0 Å². The lowest BCUT2D eigenvalue weighted by molar-refractivity contribution is -0.117. The van der Waals surface area contributed by atoms with Crippen molar-refractivity contribution in [1.29, 1.82) is 0 Å². The van der Waals surface area contributed by atoms with Crippen LogP contribution in [0.4, 0.5) is 11.5 Å². The number of amides is 2. The normalized spacial score (nSPS) is 13.0. The van der Waals surface area contributed by atoms with Gasteiger partial charge in [0.05, 0.1) is 18.8 Å². The minimum atomic E-state index is -0.464. The molecule has 0 bridgehead atoms. The van der Waals surface area contributed by atoms with Crippen LogP contribution in [0.3, 0.4) is 0 Å². The highest BCUT2D eigenvalue weighted by Crippen LogP contribution is 2.33. The van der Waals surface area contributed by atoms with Crippen molar-refractivity contribution in [3.8, 4) is 11.1 Å². The van der Waals surface area contributed by atoms with Gasteiger partial charge in [-0.2, -0.15) is 0 Å². The zero-order chi connectivity index (χ0) is 18.8. The number of carbonyl (C=O) groups is 2. The maximum Gasteiger partial charge on any atom is 0.248 e. The number of aromatic nitrogens is 1. The van der Waals surface area contributed by atoms with Gasteiger partial charge in [0.15, 0.2) is 5.82 Å². The van der Waals surface area contributed by atoms with E-state index in [2.05, 4.69) is 10.3 Å². The predicted octanol–water partition coefficient (Wildman–Crippen LogP) is 2.81. The van der Waals surface area contributed by atoms with Gasteiger partial charge in [-0.25, -0.2) is 4.98 Å². The summed E-state index contributed by atoms with van der Waals surface area (Å²) < 4.78 is 0. The third-order valence-electron chi connectivity index (χ3n) is 4.55. The Hall–Kier alpha value is -3.67. The first kappa shape index (κ1) is 16.8. The minimum absolute atomic E-state index is 0.00520. The number of nitrogens with zero attached hydrogens (tertiary/aromatic N) is 2. The molecule has 0 radical (unpaired) electrons. The van der Waals surface area contributed by atoms with Crippen molar-refractivity contribution in [3.05, 3.63) is 78.0 Å². The summed E-state index contributed by atoms with van der Waals surface area (Å²) in [4.78, 5) is 30.0. The Balaban J connectivity index is 1.70. The van der Waals surface area contributed by atoms with E-state index in [0.29, 0.717) is 17.9 Å². The molecule has 27 heavy (non-hydrogen) atoms. The molecule has 2 aromatic carbocycles. The third-order valence-corrected chi connectivity index (χ3v) is 4.55. The molecular weight excluding hydrogens is 340 g/mol. The van der Waals surface area contributed by atoms with Crippen molar-refractivity contribution < 1.29 is 9.59 Å². The van der Waals surface area contributed by atoms with Crippen molar-refractivity contribution in [1.82, 2.24) is 4.98 Å². The molecule has 0 unspecified atom stereocenters. The second kappa shape index (κ2) is 6.92. The summed E-state index contributed by atoms with van der Waals surface area (Å²) in [6, 6.07) is 18.8. The van der Waals surface area contributed by atoms with Crippen LogP contribution in [-0.2, 0) is 11.3 Å². The van der Waals surface area contributed by atoms with Gasteiger partial charge in [0.1, 0.15) is 0 Å². The van der Waals surface area contributed by atoms with Crippen LogP contribution in [0, 0.1) is 0 Å². The molecule has 1 aliphatic heterocycles. The fourth-order valence-corrected chi connectivity index (χ4v) is 3.11. The first-order chi connectivity index (χ1) is 13.1. The number of nitrogens with one attached hydrogen (secondary N) is 1. The number of anilines is 2. The predicted molar refractivity (Wildman–Crippen MR) is 104 cm³/mol. The molecule has 1 aliphatic rings. The number of primary amides is 1. The maximum atomic E-state index is 12.5. The molecule has 0 fully saturated rings. The van der Waals surface area contributed by atoms with Crippen molar-refractivity contribution in [2.75, 3.05) is 16.8 Å². The fraction of sp³-hybridized carbons (Fsp3) is 0.0952. The highest BCUT2D eigenvalue weighted by atomic mass is 16.2. The molecule has 2 amide bonds. The van der Waals surface area contributed by atoms with Gasteiger partial charge in [-0.3, -0.25) is 9.59 Å². The minimum Gasteiger partial charge on any atom is -0.366 e. The Bertz CT molecular complexity index is 1000. The lowest BCUT2D eigenvalue weighted by Crippen LogP contribution is -2.39. The number of hydrogen-bond donors (Lipinski definition) is 2. The average Bonchev–Trinajstić information content (AvgIpc) is 2.71. The van der Waals surface area contributed by atoms with Crippen molar-refractivity contribution in [3.63, 3.8) is 0 Å². The van der Waals surface area contributed by atoms with E-state index >= 15 is 0 Å². The second-order valence-corrected chi connectivity index (χ2v) is 6.35. The lowest BCUT2D eigenvalue weighted by atomic mass is 10.0. The Kier molecular flexibility index (Phi) is 4.30. The Morgan fingerprint density at radius 1 is 1.07 bits per heavy atom. The maximum absolute atomic E-state index is 12.5. The van der Waals surface area contributed by atoms with Gasteiger partial charge < -0.3 is 16.0 Å². The molecule has 3 aromatic rings. The van der Waals surface area contributed by atoms with Gasteiger partial charge in [0, 0.05) is 17.3 Å². The Morgan fingerprint density at radius 3 is 2.52 bits per heavy atom. The SMILES string of the molecule is NC(=O)c1ccc(-c2cnc3c(c2)N(Cc2ccccc2)C(=O)CN3)cc1. The molecule has 1 aromatic heterocycles. The summed E-state index contributed by atoms with van der Waals surface area (Å²) >= 11 is 0. The van der Waals surface area contributed by atoms with E-state index in [1.165, 1.54) is 0 Å². The first-order valence-corrected chi connectivity index (χ1v) is 8.60. The van der Waals surface area contributed by atoms with Crippen LogP contribution in [0.1, 0.15) is 15.9 Å². The van der Waals surface area contributed by atoms with Crippen molar-refractivity contribution in [2.24, 2.45) is 5.73 Å². The molecule has 0 spiro atoms. The molecule has 134 valence electrons. The Labute approximate surface area is 156 Å². The molecule has 4 rings (SSSR count). The number of carbonyl (C=O) groups excluding carboxylic acids is 2. The molecule has 0 atom stereocenters. The molecule has 6 nitrogen and oxygen atoms in total. The van der Waals surface area contributed by atoms with E-state index in [4.69, 9.17) is 5.73 Å². The standard InChI is InChI=1S/C21H18N4O2/c22-20(27)16-8-6-15(7-9-16)17-10-18-21(23-11-17)24-12-19(26)25(18)13-14-4-2-1-3-5-14/h1-11H,12-13H2,(H2,22,27)(H,23,24). The first-order valence-electron chi connectivity index (χ1n) is 8.60. The number of benzene rings is 2. The largest absolute Gasteiger partial charge is 0.366 e. The monoisotopic (exact) mass is 358 g/mol. The van der Waals surface area contributed by atoms with E-state index in [9.17, 15) is 9.59 Å². The number of rotatable bonds is 4. The highest BCUT2D eigenvalue weighted by molar-refractivity contribution is 6.02. The van der Waals surface area contributed by atoms with Gasteiger partial charge in [0.2, 0.25) is 11.8 Å². The van der Waals surface area contributed by atoms with Crippen LogP contribution >= 0.6 is 0 Å². The van der Waals surface area contributed by atoms with Crippen LogP contribution in [-0.4, -0.2) is 23.3 Å². The van der Waals surface area contributed by atoms with Gasteiger partial charge >= 0.3 is 0 Å². The topological polar surface area (TPSA) is 88.3 Å². The van der Waals surface area contributed by atoms with Crippen molar-refractivity contribution >= 4 is 23.3 Å². The van der Waals surface area contributed by atoms with Gasteiger partial charge in [-0.15, -0.1) is 0 Å². The molecule has 0 saturated carbocycles. The van der Waals surface area contributed by atoms with E-state index in [1.807, 2.05) is 48.5 Å². The van der Waals surface area contributed by atoms with Crippen molar-refractivity contribution in [2.45, 2.75) is 6.54 Å². The summed E-state index contributed by atoms with van der Waals surface area (Å²) in [5, 5.41) is 3.07. The van der Waals surface area contributed by atoms with E-state index in [1.54, 1.807) is 23.2 Å². The van der Waals surface area contributed by atoms with Gasteiger partial charge in [0.25, 0.3) is 0 Å². The summed E-state index contributed by atoms with van der Waals surface area (Å²) in [5.41, 5.74) is 9.30. The van der Waals surface area contributed by atoms with Crippen LogP contribution in [0.25, 0.3) is 11.1 Å². The number of nitrogens with two attached hydrogens (primary N) is 1. The van der Waals surface area contributed by atoms with Crippen LogP contribution < -0.4 is 16.0 Å². The summed E-state index contributed by atoms with van der Waals surface area (Å²) in [7, 11) is 0. The molecule has 2 heterocycles. The van der Waals surface area contributed by atoms with E-state index in [-0.39, 0.29) is 12.5 Å². The zero-order valence-corrected chi connectivity index (χ0v) is 14.6. The summed E-state index contributed by atoms with van der Waals surface area (Å²) in [5.74, 6) is 0.214. The van der Waals surface area contributed by atoms with E-state index < -0.39 is 5.91 Å². The molecule has 0 saturated heterocycles. The Morgan fingerprint density at radius 2 is 1.81 bits per heavy atom. The fourth-order valence-electron chi connectivity index (χ4n) is 3.11. The lowest BCUT2D eigenvalue weighted by Gasteiger charge is -2.30. The number of pyridine rings is 1.